The fraction of sp³-hybridized carbons (Fsp3) is 0.636. The molecule has 0 radical (unpaired) electrons. The van der Waals surface area contributed by atoms with Crippen LogP contribution in [-0.4, -0.2) is 47.5 Å². The number of hydrogen-bond donors (Lipinski definition) is 2. The van der Waals surface area contributed by atoms with E-state index in [1.807, 2.05) is 18.7 Å². The number of rotatable bonds is 8. The van der Waals surface area contributed by atoms with Crippen molar-refractivity contribution in [2.24, 2.45) is 5.73 Å². The first-order valence-electron chi connectivity index (χ1n) is 10.4. The van der Waals surface area contributed by atoms with Crippen LogP contribution >= 0.6 is 0 Å². The monoisotopic (exact) mass is 389 g/mol. The zero-order valence-electron chi connectivity index (χ0n) is 17.7. The number of amides is 2. The minimum Gasteiger partial charge on any atom is -0.484 e. The van der Waals surface area contributed by atoms with Gasteiger partial charge in [0.05, 0.1) is 5.54 Å². The molecule has 0 aromatic heterocycles. The van der Waals surface area contributed by atoms with Gasteiger partial charge < -0.3 is 20.7 Å². The molecular weight excluding hydrogens is 354 g/mol. The summed E-state index contributed by atoms with van der Waals surface area (Å²) in [5.74, 6) is 0.450. The van der Waals surface area contributed by atoms with Gasteiger partial charge in [-0.05, 0) is 70.2 Å². The van der Waals surface area contributed by atoms with Crippen LogP contribution < -0.4 is 15.8 Å². The second-order valence-electron chi connectivity index (χ2n) is 7.89. The molecule has 0 bridgehead atoms. The van der Waals surface area contributed by atoms with Crippen LogP contribution in [0.1, 0.15) is 70.2 Å². The lowest BCUT2D eigenvalue weighted by Gasteiger charge is -2.38. The lowest BCUT2D eigenvalue weighted by molar-refractivity contribution is -0.139. The van der Waals surface area contributed by atoms with Gasteiger partial charge in [-0.15, -0.1) is 0 Å². The molecule has 2 atom stereocenters. The van der Waals surface area contributed by atoms with Gasteiger partial charge in [0.1, 0.15) is 5.75 Å². The van der Waals surface area contributed by atoms with Crippen LogP contribution in [0.4, 0.5) is 0 Å². The molecule has 28 heavy (non-hydrogen) atoms. The van der Waals surface area contributed by atoms with E-state index in [4.69, 9.17) is 10.5 Å². The van der Waals surface area contributed by atoms with Gasteiger partial charge in [0.2, 0.25) is 0 Å². The Balaban J connectivity index is 1.93. The Morgan fingerprint density at radius 1 is 1.14 bits per heavy atom. The molecule has 1 aliphatic rings. The molecule has 2 unspecified atom stereocenters. The number of hydrogen-bond acceptors (Lipinski definition) is 4. The molecule has 1 saturated heterocycles. The summed E-state index contributed by atoms with van der Waals surface area (Å²) in [5.41, 5.74) is 6.04. The van der Waals surface area contributed by atoms with Gasteiger partial charge in [0, 0.05) is 24.2 Å². The van der Waals surface area contributed by atoms with Gasteiger partial charge in [-0.3, -0.25) is 9.59 Å². The average molecular weight is 390 g/mol. The van der Waals surface area contributed by atoms with Gasteiger partial charge in [0.15, 0.2) is 6.61 Å². The second-order valence-corrected chi connectivity index (χ2v) is 7.89. The Morgan fingerprint density at radius 2 is 1.71 bits per heavy atom. The number of carbonyl (C=O) groups is 2. The van der Waals surface area contributed by atoms with Gasteiger partial charge in [-0.25, -0.2) is 0 Å². The molecule has 156 valence electrons. The maximum absolute atomic E-state index is 12.5. The molecule has 1 aromatic carbocycles. The van der Waals surface area contributed by atoms with Crippen molar-refractivity contribution in [3.63, 3.8) is 0 Å². The van der Waals surface area contributed by atoms with E-state index in [-0.39, 0.29) is 36.0 Å². The van der Waals surface area contributed by atoms with Crippen LogP contribution in [0.5, 0.6) is 5.75 Å². The molecule has 0 aliphatic carbocycles. The van der Waals surface area contributed by atoms with Crippen LogP contribution in [0, 0.1) is 0 Å². The van der Waals surface area contributed by atoms with Crippen molar-refractivity contribution >= 4 is 11.8 Å². The summed E-state index contributed by atoms with van der Waals surface area (Å²) in [6.45, 7) is 8.65. The molecule has 1 aliphatic heterocycles. The van der Waals surface area contributed by atoms with Crippen LogP contribution in [0.3, 0.4) is 0 Å². The number of nitrogens with one attached hydrogen (secondary N) is 1. The number of ether oxygens (including phenoxy) is 1. The Labute approximate surface area is 168 Å². The van der Waals surface area contributed by atoms with Crippen LogP contribution in [0.2, 0.25) is 0 Å². The van der Waals surface area contributed by atoms with E-state index < -0.39 is 0 Å². The van der Waals surface area contributed by atoms with E-state index in [1.54, 1.807) is 24.3 Å². The minimum atomic E-state index is -0.375. The number of likely N-dealkylation sites (tertiary alicyclic amines) is 1. The van der Waals surface area contributed by atoms with Crippen molar-refractivity contribution < 1.29 is 14.3 Å². The fourth-order valence-corrected chi connectivity index (χ4v) is 3.91. The zero-order valence-corrected chi connectivity index (χ0v) is 17.7. The van der Waals surface area contributed by atoms with Crippen molar-refractivity contribution in [2.75, 3.05) is 13.2 Å². The van der Waals surface area contributed by atoms with Crippen molar-refractivity contribution in [1.29, 1.82) is 0 Å². The van der Waals surface area contributed by atoms with Gasteiger partial charge in [-0.1, -0.05) is 13.8 Å². The Kier molecular flexibility index (Phi) is 7.87. The predicted molar refractivity (Wildman–Crippen MR) is 111 cm³/mol. The maximum atomic E-state index is 12.5. The molecule has 2 rings (SSSR count). The molecule has 0 spiro atoms. The van der Waals surface area contributed by atoms with E-state index in [2.05, 4.69) is 19.2 Å². The Morgan fingerprint density at radius 3 is 2.21 bits per heavy atom. The molecule has 1 aromatic rings. The summed E-state index contributed by atoms with van der Waals surface area (Å²) in [4.78, 5) is 27.0. The highest BCUT2D eigenvalue weighted by Crippen LogP contribution is 2.23. The first-order valence-corrected chi connectivity index (χ1v) is 10.4. The SMILES string of the molecule is CCC(CC)(CN)NC(=O)c1ccc(OCC(=O)N2C(C)CCCC2C)cc1. The van der Waals surface area contributed by atoms with Crippen molar-refractivity contribution in [2.45, 2.75) is 77.4 Å². The van der Waals surface area contributed by atoms with E-state index in [0.717, 1.165) is 32.1 Å². The number of benzene rings is 1. The predicted octanol–water partition coefficient (Wildman–Crippen LogP) is 3.10. The molecule has 0 saturated carbocycles. The topological polar surface area (TPSA) is 84.7 Å². The van der Waals surface area contributed by atoms with Gasteiger partial charge >= 0.3 is 0 Å². The molecular formula is C22H35N3O3. The van der Waals surface area contributed by atoms with E-state index in [0.29, 0.717) is 17.9 Å². The highest BCUT2D eigenvalue weighted by Gasteiger charge is 2.29. The fourth-order valence-electron chi connectivity index (χ4n) is 3.91. The lowest BCUT2D eigenvalue weighted by atomic mass is 9.92. The summed E-state index contributed by atoms with van der Waals surface area (Å²) in [6, 6.07) is 7.40. The maximum Gasteiger partial charge on any atom is 0.260 e. The Hall–Kier alpha value is -2.08. The normalized spacial score (nSPS) is 20.0. The first kappa shape index (κ1) is 22.2. The van der Waals surface area contributed by atoms with Crippen LogP contribution in [0.15, 0.2) is 24.3 Å². The summed E-state index contributed by atoms with van der Waals surface area (Å²) in [7, 11) is 0. The van der Waals surface area contributed by atoms with Crippen molar-refractivity contribution in [3.8, 4) is 5.75 Å². The summed E-state index contributed by atoms with van der Waals surface area (Å²) < 4.78 is 5.67. The van der Waals surface area contributed by atoms with E-state index in [1.165, 1.54) is 0 Å². The number of nitrogens with zero attached hydrogens (tertiary/aromatic N) is 1. The molecule has 6 heteroatoms. The average Bonchev–Trinajstić information content (AvgIpc) is 2.70. The zero-order chi connectivity index (χ0) is 20.7. The standard InChI is InChI=1S/C22H35N3O3/c1-5-22(6-2,15-23)24-21(27)18-10-12-19(13-11-18)28-14-20(26)25-16(3)8-7-9-17(25)4/h10-13,16-17H,5-9,14-15,23H2,1-4H3,(H,24,27). The molecule has 1 heterocycles. The van der Waals surface area contributed by atoms with Crippen LogP contribution in [0.25, 0.3) is 0 Å². The molecule has 2 amide bonds. The Bertz CT molecular complexity index is 637. The minimum absolute atomic E-state index is 0.0140. The van der Waals surface area contributed by atoms with E-state index >= 15 is 0 Å². The third kappa shape index (κ3) is 5.25. The summed E-state index contributed by atoms with van der Waals surface area (Å²) in [6.07, 6.45) is 4.81. The largest absolute Gasteiger partial charge is 0.484 e. The number of carbonyl (C=O) groups excluding carboxylic acids is 2. The highest BCUT2D eigenvalue weighted by atomic mass is 16.5. The third-order valence-electron chi connectivity index (χ3n) is 6.08. The van der Waals surface area contributed by atoms with Crippen molar-refractivity contribution in [1.82, 2.24) is 10.2 Å². The highest BCUT2D eigenvalue weighted by molar-refractivity contribution is 5.94. The first-order chi connectivity index (χ1) is 13.4. The quantitative estimate of drug-likeness (QED) is 0.715. The van der Waals surface area contributed by atoms with Crippen LogP contribution in [-0.2, 0) is 4.79 Å². The lowest BCUT2D eigenvalue weighted by Crippen LogP contribution is -2.52. The third-order valence-corrected chi connectivity index (χ3v) is 6.08. The summed E-state index contributed by atoms with van der Waals surface area (Å²) >= 11 is 0. The van der Waals surface area contributed by atoms with Crippen molar-refractivity contribution in [3.05, 3.63) is 29.8 Å². The molecule has 3 N–H and O–H groups in total. The molecule has 1 fully saturated rings. The second kappa shape index (κ2) is 9.92. The van der Waals surface area contributed by atoms with Gasteiger partial charge in [-0.2, -0.15) is 0 Å². The summed E-state index contributed by atoms with van der Waals surface area (Å²) in [5, 5.41) is 3.05. The van der Waals surface area contributed by atoms with E-state index in [9.17, 15) is 9.59 Å². The number of piperidine rings is 1. The number of nitrogens with two attached hydrogens (primary N) is 1. The molecule has 6 nitrogen and oxygen atoms in total. The smallest absolute Gasteiger partial charge is 0.260 e. The van der Waals surface area contributed by atoms with Gasteiger partial charge in [0.25, 0.3) is 11.8 Å².